The van der Waals surface area contributed by atoms with Crippen molar-refractivity contribution in [3.63, 3.8) is 0 Å². The van der Waals surface area contributed by atoms with E-state index in [1.165, 1.54) is 17.0 Å². The first kappa shape index (κ1) is 14.4. The molecule has 0 aliphatic heterocycles. The van der Waals surface area contributed by atoms with E-state index in [1.54, 1.807) is 0 Å². The molecule has 0 fully saturated rings. The van der Waals surface area contributed by atoms with Crippen molar-refractivity contribution in [3.05, 3.63) is 40.5 Å². The molecule has 0 spiro atoms. The van der Waals surface area contributed by atoms with Gasteiger partial charge in [0, 0.05) is 35.8 Å². The van der Waals surface area contributed by atoms with Crippen molar-refractivity contribution in [2.24, 2.45) is 12.5 Å². The molecule has 1 unspecified atom stereocenters. The number of aromatic nitrogens is 3. The van der Waals surface area contributed by atoms with Crippen LogP contribution in [-0.4, -0.2) is 19.5 Å². The Labute approximate surface area is 126 Å². The fourth-order valence-electron chi connectivity index (χ4n) is 3.59. The molecule has 1 atom stereocenters. The summed E-state index contributed by atoms with van der Waals surface area (Å²) in [5.41, 5.74) is 6.11. The van der Waals surface area contributed by atoms with E-state index in [-0.39, 0.29) is 11.5 Å². The van der Waals surface area contributed by atoms with Gasteiger partial charge in [-0.15, -0.1) is 0 Å². The highest BCUT2D eigenvalue weighted by atomic mass is 16.3. The quantitative estimate of drug-likeness (QED) is 0.923. The summed E-state index contributed by atoms with van der Waals surface area (Å²) in [6.45, 7) is 9.50. The van der Waals surface area contributed by atoms with Crippen LogP contribution in [0.2, 0.25) is 0 Å². The molecule has 2 heterocycles. The van der Waals surface area contributed by atoms with Gasteiger partial charge < -0.3 is 9.67 Å². The van der Waals surface area contributed by atoms with E-state index >= 15 is 0 Å². The summed E-state index contributed by atoms with van der Waals surface area (Å²) in [5, 5.41) is 14.9. The number of hydrogen-bond acceptors (Lipinski definition) is 2. The second kappa shape index (κ2) is 4.73. The molecule has 3 rings (SSSR count). The molecular formula is C17H25N3O. The first-order chi connectivity index (χ1) is 9.77. The Hall–Kier alpha value is -1.55. The molecule has 0 radical (unpaired) electrons. The van der Waals surface area contributed by atoms with Gasteiger partial charge in [0.25, 0.3) is 0 Å². The molecule has 0 amide bonds. The lowest BCUT2D eigenvalue weighted by Crippen LogP contribution is -2.27. The maximum Gasteiger partial charge on any atom is 0.0812 e. The molecule has 4 heteroatoms. The normalized spacial score (nSPS) is 20.6. The second-order valence-electron chi connectivity index (χ2n) is 7.25. The van der Waals surface area contributed by atoms with E-state index in [4.69, 9.17) is 0 Å². The molecular weight excluding hydrogens is 262 g/mol. The van der Waals surface area contributed by atoms with Gasteiger partial charge in [-0.05, 0) is 38.2 Å². The Bertz CT molecular complexity index is 679. The van der Waals surface area contributed by atoms with Gasteiger partial charge >= 0.3 is 0 Å². The minimum Gasteiger partial charge on any atom is -0.388 e. The molecule has 1 N–H and O–H groups in total. The minimum absolute atomic E-state index is 0.152. The van der Waals surface area contributed by atoms with E-state index < -0.39 is 0 Å². The van der Waals surface area contributed by atoms with Crippen LogP contribution >= 0.6 is 0 Å². The Morgan fingerprint density at radius 2 is 2.10 bits per heavy atom. The summed E-state index contributed by atoms with van der Waals surface area (Å²) in [7, 11) is 1.96. The van der Waals surface area contributed by atoms with Crippen LogP contribution < -0.4 is 0 Å². The molecule has 0 saturated carbocycles. The van der Waals surface area contributed by atoms with E-state index in [9.17, 15) is 5.11 Å². The van der Waals surface area contributed by atoms with Gasteiger partial charge in [0.05, 0.1) is 18.3 Å². The van der Waals surface area contributed by atoms with Crippen LogP contribution in [0.25, 0.3) is 0 Å². The lowest BCUT2D eigenvalue weighted by atomic mass is 9.75. The number of hydrogen-bond donors (Lipinski definition) is 1. The van der Waals surface area contributed by atoms with E-state index in [2.05, 4.69) is 49.6 Å². The number of rotatable bonds is 2. The van der Waals surface area contributed by atoms with Crippen molar-refractivity contribution < 1.29 is 5.11 Å². The van der Waals surface area contributed by atoms with Gasteiger partial charge in [0.15, 0.2) is 0 Å². The van der Waals surface area contributed by atoms with Gasteiger partial charge in [0.2, 0.25) is 0 Å². The number of aliphatic hydroxyl groups excluding tert-OH is 1. The Morgan fingerprint density at radius 1 is 1.38 bits per heavy atom. The Morgan fingerprint density at radius 3 is 2.71 bits per heavy atom. The highest BCUT2D eigenvalue weighted by Gasteiger charge is 2.34. The van der Waals surface area contributed by atoms with Crippen LogP contribution in [0.1, 0.15) is 54.6 Å². The van der Waals surface area contributed by atoms with Crippen molar-refractivity contribution in [2.45, 2.75) is 53.2 Å². The molecule has 0 saturated heterocycles. The molecule has 0 bridgehead atoms. The van der Waals surface area contributed by atoms with Crippen LogP contribution in [-0.2, 0) is 20.0 Å². The first-order valence-corrected chi connectivity index (χ1v) is 7.63. The highest BCUT2D eigenvalue weighted by Crippen LogP contribution is 2.42. The van der Waals surface area contributed by atoms with Crippen molar-refractivity contribution in [1.82, 2.24) is 14.3 Å². The molecule has 1 aliphatic rings. The van der Waals surface area contributed by atoms with Gasteiger partial charge in [-0.1, -0.05) is 13.8 Å². The minimum atomic E-state index is -0.335. The van der Waals surface area contributed by atoms with Crippen molar-refractivity contribution >= 4 is 0 Å². The third-order valence-electron chi connectivity index (χ3n) is 4.64. The molecule has 4 nitrogen and oxygen atoms in total. The summed E-state index contributed by atoms with van der Waals surface area (Å²) in [6.07, 6.45) is 3.62. The fraction of sp³-hybridized carbons (Fsp3) is 0.588. The van der Waals surface area contributed by atoms with Crippen LogP contribution in [0.15, 0.2) is 12.3 Å². The Kier molecular flexibility index (Phi) is 3.24. The number of aliphatic hydroxyl groups is 1. The molecule has 0 aromatic carbocycles. The predicted octanol–water partition coefficient (Wildman–Crippen LogP) is 2.89. The molecule has 2 aromatic heterocycles. The van der Waals surface area contributed by atoms with Crippen molar-refractivity contribution in [1.29, 1.82) is 0 Å². The van der Waals surface area contributed by atoms with Crippen LogP contribution in [0.5, 0.6) is 0 Å². The highest BCUT2D eigenvalue weighted by molar-refractivity contribution is 5.34. The zero-order valence-electron chi connectivity index (χ0n) is 13.6. The summed E-state index contributed by atoms with van der Waals surface area (Å²) < 4.78 is 4.22. The van der Waals surface area contributed by atoms with Gasteiger partial charge in [-0.3, -0.25) is 4.68 Å². The number of aryl methyl sites for hydroxylation is 3. The smallest absolute Gasteiger partial charge is 0.0812 e. The summed E-state index contributed by atoms with van der Waals surface area (Å²) in [4.78, 5) is 0. The standard InChI is InChI=1S/C17H25N3O/c1-11-6-14-15(7-17(3,4)8-16(14)21)20(11)10-13-9-19(5)18-12(13)2/h6,9,16,21H,7-8,10H2,1-5H3. The third kappa shape index (κ3) is 2.53. The average molecular weight is 287 g/mol. The monoisotopic (exact) mass is 287 g/mol. The van der Waals surface area contributed by atoms with Gasteiger partial charge in [-0.25, -0.2) is 0 Å². The average Bonchev–Trinajstić information content (AvgIpc) is 2.81. The predicted molar refractivity (Wildman–Crippen MR) is 83.3 cm³/mol. The Balaban J connectivity index is 2.02. The zero-order chi connectivity index (χ0) is 15.4. The largest absolute Gasteiger partial charge is 0.388 e. The molecule has 2 aromatic rings. The summed E-state index contributed by atoms with van der Waals surface area (Å²) >= 11 is 0. The SMILES string of the molecule is Cc1nn(C)cc1Cn1c(C)cc2c1CC(C)(C)CC2O. The lowest BCUT2D eigenvalue weighted by molar-refractivity contribution is 0.0981. The summed E-state index contributed by atoms with van der Waals surface area (Å²) in [5.74, 6) is 0. The maximum atomic E-state index is 10.4. The first-order valence-electron chi connectivity index (χ1n) is 7.63. The van der Waals surface area contributed by atoms with Crippen LogP contribution in [0, 0.1) is 19.3 Å². The van der Waals surface area contributed by atoms with Crippen molar-refractivity contribution in [3.8, 4) is 0 Å². The van der Waals surface area contributed by atoms with E-state index in [0.717, 1.165) is 30.6 Å². The molecule has 21 heavy (non-hydrogen) atoms. The maximum absolute atomic E-state index is 10.4. The summed E-state index contributed by atoms with van der Waals surface area (Å²) in [6, 6.07) is 2.15. The molecule has 114 valence electrons. The topological polar surface area (TPSA) is 43.0 Å². The molecule has 1 aliphatic carbocycles. The van der Waals surface area contributed by atoms with Crippen LogP contribution in [0.3, 0.4) is 0 Å². The fourth-order valence-corrected chi connectivity index (χ4v) is 3.59. The van der Waals surface area contributed by atoms with Crippen LogP contribution in [0.4, 0.5) is 0 Å². The van der Waals surface area contributed by atoms with Gasteiger partial charge in [-0.2, -0.15) is 5.10 Å². The zero-order valence-corrected chi connectivity index (χ0v) is 13.6. The number of fused-ring (bicyclic) bond motifs is 1. The number of nitrogens with zero attached hydrogens (tertiary/aromatic N) is 3. The van der Waals surface area contributed by atoms with Crippen molar-refractivity contribution in [2.75, 3.05) is 0 Å². The van der Waals surface area contributed by atoms with E-state index in [1.807, 2.05) is 11.7 Å². The van der Waals surface area contributed by atoms with E-state index in [0.29, 0.717) is 0 Å². The second-order valence-corrected chi connectivity index (χ2v) is 7.25. The third-order valence-corrected chi connectivity index (χ3v) is 4.64. The lowest BCUT2D eigenvalue weighted by Gasteiger charge is -2.34. The van der Waals surface area contributed by atoms with Gasteiger partial charge in [0.1, 0.15) is 0 Å².